The summed E-state index contributed by atoms with van der Waals surface area (Å²) in [6.07, 6.45) is 2.04. The first-order valence-corrected chi connectivity index (χ1v) is 9.82. The Hall–Kier alpha value is -1.85. The molecule has 2 aromatic rings. The van der Waals surface area contributed by atoms with Crippen molar-refractivity contribution in [2.24, 2.45) is 0 Å². The molecular formula is C18H20ClNO3S. The normalized spacial score (nSPS) is 11.3. The first-order chi connectivity index (χ1) is 11.2. The van der Waals surface area contributed by atoms with Crippen LogP contribution >= 0.6 is 11.6 Å². The number of carbonyl (C=O) groups is 1. The van der Waals surface area contributed by atoms with E-state index in [0.717, 1.165) is 18.2 Å². The van der Waals surface area contributed by atoms with Gasteiger partial charge in [0, 0.05) is 25.4 Å². The summed E-state index contributed by atoms with van der Waals surface area (Å²) in [5.74, 6) is -0.254. The van der Waals surface area contributed by atoms with E-state index in [2.05, 4.69) is 6.92 Å². The van der Waals surface area contributed by atoms with E-state index in [0.29, 0.717) is 12.1 Å². The molecule has 0 aliphatic carbocycles. The van der Waals surface area contributed by atoms with E-state index in [4.69, 9.17) is 11.6 Å². The van der Waals surface area contributed by atoms with Crippen LogP contribution in [0.2, 0.25) is 5.02 Å². The maximum atomic E-state index is 12.6. The fourth-order valence-corrected chi connectivity index (χ4v) is 3.67. The van der Waals surface area contributed by atoms with E-state index in [1.165, 1.54) is 23.8 Å². The van der Waals surface area contributed by atoms with E-state index in [-0.39, 0.29) is 15.8 Å². The number of hydrogen-bond acceptors (Lipinski definition) is 3. The molecule has 0 aliphatic heterocycles. The zero-order valence-corrected chi connectivity index (χ0v) is 15.5. The highest BCUT2D eigenvalue weighted by molar-refractivity contribution is 7.90. The van der Waals surface area contributed by atoms with Crippen LogP contribution in [0, 0.1) is 0 Å². The largest absolute Gasteiger partial charge is 0.337 e. The van der Waals surface area contributed by atoms with Gasteiger partial charge in [0.1, 0.15) is 0 Å². The number of halogens is 1. The van der Waals surface area contributed by atoms with Gasteiger partial charge >= 0.3 is 0 Å². The van der Waals surface area contributed by atoms with Crippen molar-refractivity contribution in [2.75, 3.05) is 13.3 Å². The fraction of sp³-hybridized carbons (Fsp3) is 0.278. The third-order valence-corrected chi connectivity index (χ3v) is 5.35. The molecule has 0 aliphatic rings. The van der Waals surface area contributed by atoms with E-state index in [9.17, 15) is 13.2 Å². The molecule has 2 aromatic carbocycles. The van der Waals surface area contributed by atoms with Gasteiger partial charge in [0.15, 0.2) is 9.84 Å². The van der Waals surface area contributed by atoms with Crippen LogP contribution in [0.15, 0.2) is 47.4 Å². The molecule has 0 spiro atoms. The number of aryl methyl sites for hydroxylation is 1. The zero-order valence-electron chi connectivity index (χ0n) is 13.9. The predicted octanol–water partition coefficient (Wildman–Crippen LogP) is 3.58. The molecule has 2 rings (SSSR count). The molecule has 0 N–H and O–H groups in total. The molecule has 6 heteroatoms. The molecule has 0 fully saturated rings. The molecular weight excluding hydrogens is 346 g/mol. The van der Waals surface area contributed by atoms with E-state index in [1.54, 1.807) is 11.9 Å². The minimum Gasteiger partial charge on any atom is -0.337 e. The van der Waals surface area contributed by atoms with Gasteiger partial charge < -0.3 is 4.90 Å². The van der Waals surface area contributed by atoms with Crippen LogP contribution in [0.5, 0.6) is 0 Å². The van der Waals surface area contributed by atoms with Gasteiger partial charge in [-0.3, -0.25) is 4.79 Å². The number of benzene rings is 2. The van der Waals surface area contributed by atoms with E-state index in [1.807, 2.05) is 24.3 Å². The molecule has 24 heavy (non-hydrogen) atoms. The van der Waals surface area contributed by atoms with Crippen LogP contribution in [0.25, 0.3) is 0 Å². The van der Waals surface area contributed by atoms with Crippen LogP contribution in [-0.2, 0) is 22.8 Å². The summed E-state index contributed by atoms with van der Waals surface area (Å²) >= 11 is 5.92. The van der Waals surface area contributed by atoms with Crippen LogP contribution in [-0.4, -0.2) is 32.5 Å². The van der Waals surface area contributed by atoms with Crippen molar-refractivity contribution in [1.29, 1.82) is 0 Å². The van der Waals surface area contributed by atoms with Gasteiger partial charge in [-0.1, -0.05) is 42.8 Å². The van der Waals surface area contributed by atoms with Gasteiger partial charge in [-0.15, -0.1) is 0 Å². The van der Waals surface area contributed by atoms with Gasteiger partial charge in [0.25, 0.3) is 5.91 Å². The van der Waals surface area contributed by atoms with E-state index >= 15 is 0 Å². The maximum Gasteiger partial charge on any atom is 0.253 e. The second kappa shape index (κ2) is 7.36. The number of sulfone groups is 1. The van der Waals surface area contributed by atoms with Crippen LogP contribution in [0.4, 0.5) is 0 Å². The molecule has 0 saturated heterocycles. The molecule has 0 aromatic heterocycles. The summed E-state index contributed by atoms with van der Waals surface area (Å²) in [6.45, 7) is 2.53. The van der Waals surface area contributed by atoms with Crippen molar-refractivity contribution in [3.63, 3.8) is 0 Å². The Labute approximate surface area is 148 Å². The number of rotatable bonds is 5. The second-order valence-corrected chi connectivity index (χ2v) is 8.14. The minimum atomic E-state index is -3.48. The van der Waals surface area contributed by atoms with Crippen molar-refractivity contribution >= 4 is 27.3 Å². The molecule has 0 radical (unpaired) electrons. The fourth-order valence-electron chi connectivity index (χ4n) is 2.37. The third-order valence-electron chi connectivity index (χ3n) is 3.78. The van der Waals surface area contributed by atoms with Gasteiger partial charge in [-0.2, -0.15) is 0 Å². The molecule has 0 heterocycles. The Bertz CT molecular complexity index is 845. The quantitative estimate of drug-likeness (QED) is 0.813. The van der Waals surface area contributed by atoms with Crippen LogP contribution < -0.4 is 0 Å². The van der Waals surface area contributed by atoms with Gasteiger partial charge in [0.05, 0.1) is 9.92 Å². The molecule has 0 saturated carbocycles. The summed E-state index contributed by atoms with van der Waals surface area (Å²) in [5, 5.41) is 0.117. The number of carbonyl (C=O) groups excluding carboxylic acids is 1. The Balaban J connectivity index is 2.21. The summed E-state index contributed by atoms with van der Waals surface area (Å²) in [7, 11) is -1.80. The maximum absolute atomic E-state index is 12.6. The molecule has 0 bridgehead atoms. The molecule has 1 amide bonds. The van der Waals surface area contributed by atoms with Crippen molar-refractivity contribution in [3.05, 3.63) is 64.2 Å². The SMILES string of the molecule is CCc1ccc(CN(C)C(=O)c2ccc(Cl)c(S(C)(=O)=O)c2)cc1. The van der Waals surface area contributed by atoms with E-state index < -0.39 is 9.84 Å². The average molecular weight is 366 g/mol. The zero-order chi connectivity index (χ0) is 17.9. The summed E-state index contributed by atoms with van der Waals surface area (Å²) in [6, 6.07) is 12.4. The Morgan fingerprint density at radius 3 is 2.21 bits per heavy atom. The first kappa shape index (κ1) is 18.5. The molecule has 0 atom stereocenters. The van der Waals surface area contributed by atoms with Crippen LogP contribution in [0.3, 0.4) is 0 Å². The van der Waals surface area contributed by atoms with Crippen molar-refractivity contribution in [2.45, 2.75) is 24.8 Å². The summed E-state index contributed by atoms with van der Waals surface area (Å²) in [4.78, 5) is 14.1. The Morgan fingerprint density at radius 2 is 1.67 bits per heavy atom. The van der Waals surface area contributed by atoms with Gasteiger partial charge in [-0.05, 0) is 35.7 Å². The van der Waals surface area contributed by atoms with Crippen LogP contribution in [0.1, 0.15) is 28.4 Å². The lowest BCUT2D eigenvalue weighted by atomic mass is 10.1. The predicted molar refractivity (Wildman–Crippen MR) is 96.2 cm³/mol. The number of nitrogens with zero attached hydrogens (tertiary/aromatic N) is 1. The van der Waals surface area contributed by atoms with Crippen molar-refractivity contribution in [1.82, 2.24) is 4.90 Å². The highest BCUT2D eigenvalue weighted by atomic mass is 35.5. The third kappa shape index (κ3) is 4.36. The topological polar surface area (TPSA) is 54.5 Å². The monoisotopic (exact) mass is 365 g/mol. The second-order valence-electron chi connectivity index (χ2n) is 5.75. The lowest BCUT2D eigenvalue weighted by Crippen LogP contribution is -2.26. The lowest BCUT2D eigenvalue weighted by molar-refractivity contribution is 0.0785. The minimum absolute atomic E-state index is 0.0317. The highest BCUT2D eigenvalue weighted by Crippen LogP contribution is 2.23. The van der Waals surface area contributed by atoms with Gasteiger partial charge in [0.2, 0.25) is 0 Å². The molecule has 4 nitrogen and oxygen atoms in total. The number of hydrogen-bond donors (Lipinski definition) is 0. The summed E-state index contributed by atoms with van der Waals surface area (Å²) < 4.78 is 23.5. The highest BCUT2D eigenvalue weighted by Gasteiger charge is 2.18. The smallest absolute Gasteiger partial charge is 0.253 e. The molecule has 0 unspecified atom stereocenters. The Morgan fingerprint density at radius 1 is 1.08 bits per heavy atom. The summed E-state index contributed by atoms with van der Waals surface area (Å²) in [5.41, 5.74) is 2.55. The van der Waals surface area contributed by atoms with Crippen molar-refractivity contribution in [3.8, 4) is 0 Å². The van der Waals surface area contributed by atoms with Crippen molar-refractivity contribution < 1.29 is 13.2 Å². The standard InChI is InChI=1S/C18H20ClNO3S/c1-4-13-5-7-14(8-6-13)12-20(2)18(21)15-9-10-16(19)17(11-15)24(3,22)23/h5-11H,4,12H2,1-3H3. The average Bonchev–Trinajstić information content (AvgIpc) is 2.54. The molecule has 128 valence electrons. The van der Waals surface area contributed by atoms with Gasteiger partial charge in [-0.25, -0.2) is 8.42 Å². The Kier molecular flexibility index (Phi) is 5.67. The number of amides is 1. The lowest BCUT2D eigenvalue weighted by Gasteiger charge is -2.18. The first-order valence-electron chi connectivity index (χ1n) is 7.55.